The van der Waals surface area contributed by atoms with Gasteiger partial charge in [-0.1, -0.05) is 45.9 Å². The van der Waals surface area contributed by atoms with Gasteiger partial charge in [-0.2, -0.15) is 5.10 Å². The number of piperazine rings is 1. The second kappa shape index (κ2) is 21.2. The molecule has 2 fully saturated rings. The minimum Gasteiger partial charge on any atom is -0.507 e. The van der Waals surface area contributed by atoms with Gasteiger partial charge in [-0.05, 0) is 38.8 Å². The molecule has 1 saturated carbocycles. The summed E-state index contributed by atoms with van der Waals surface area (Å²) in [5.41, 5.74) is -2.06. The minimum atomic E-state index is -2.14. The number of pyridine rings is 2. The summed E-state index contributed by atoms with van der Waals surface area (Å²) in [4.78, 5) is 72.3. The number of aromatic carboxylic acids is 1. The number of hydrogen-bond donors (Lipinski definition) is 7. The zero-order chi connectivity index (χ0) is 55.4. The van der Waals surface area contributed by atoms with E-state index < -0.39 is 123 Å². The number of aliphatic hydroxyl groups is 2. The Morgan fingerprint density at radius 1 is 0.947 bits per heavy atom. The topological polar surface area (TPSA) is 292 Å². The summed E-state index contributed by atoms with van der Waals surface area (Å²) in [6, 6.07) is 0.913. The number of amides is 1. The fourth-order valence-electron chi connectivity index (χ4n) is 10.3. The van der Waals surface area contributed by atoms with E-state index in [-0.39, 0.29) is 82.5 Å². The minimum absolute atomic E-state index is 0.0194. The molecule has 2 aromatic heterocycles. The molecule has 1 amide bonds. The van der Waals surface area contributed by atoms with Crippen LogP contribution in [0.15, 0.2) is 58.3 Å². The molecule has 1 aliphatic carbocycles. The molecule has 9 rings (SSSR count). The first-order chi connectivity index (χ1) is 35.9. The second-order valence-electron chi connectivity index (χ2n) is 20.3. The van der Waals surface area contributed by atoms with Crippen LogP contribution in [-0.4, -0.2) is 139 Å². The van der Waals surface area contributed by atoms with E-state index in [1.54, 1.807) is 48.2 Å². The fraction of sp³-hybridized carbons (Fsp3) is 0.463. The molecular weight excluding hydrogens is 992 g/mol. The number of fused-ring (bicyclic) bond motifs is 15. The highest BCUT2D eigenvalue weighted by Crippen LogP contribution is 2.55. The van der Waals surface area contributed by atoms with Crippen LogP contribution < -0.4 is 20.4 Å². The van der Waals surface area contributed by atoms with Crippen LogP contribution in [-0.2, 0) is 23.8 Å². The zero-order valence-electron chi connectivity index (χ0n) is 43.5. The van der Waals surface area contributed by atoms with Crippen molar-refractivity contribution in [2.75, 3.05) is 43.5 Å². The van der Waals surface area contributed by atoms with Crippen LogP contribution in [0, 0.1) is 36.4 Å². The van der Waals surface area contributed by atoms with Crippen molar-refractivity contribution in [2.24, 2.45) is 28.8 Å². The van der Waals surface area contributed by atoms with Crippen LogP contribution in [0.3, 0.4) is 0 Å². The molecule has 1 saturated heterocycles. The summed E-state index contributed by atoms with van der Waals surface area (Å²) in [6.45, 7) is 12.8. The number of carbonyl (C=O) groups excluding carboxylic acids is 3. The highest BCUT2D eigenvalue weighted by Gasteiger charge is 2.50. The molecule has 4 aliphatic heterocycles. The Morgan fingerprint density at radius 3 is 2.26 bits per heavy atom. The Balaban J connectivity index is 1.18. The first-order valence-electron chi connectivity index (χ1n) is 25.0. The number of aliphatic hydroxyl groups excluding tert-OH is 2. The van der Waals surface area contributed by atoms with Gasteiger partial charge in [-0.25, -0.2) is 14.2 Å². The Kier molecular flexibility index (Phi) is 15.3. The second-order valence-corrected chi connectivity index (χ2v) is 20.3. The van der Waals surface area contributed by atoms with E-state index in [2.05, 4.69) is 15.4 Å². The molecule has 22 heteroatoms. The van der Waals surface area contributed by atoms with Crippen molar-refractivity contribution in [1.82, 2.24) is 14.6 Å². The largest absolute Gasteiger partial charge is 0.507 e. The number of Topliss-reactive ketones (excluding diaryl/α,β-unsaturated/α-hetero) is 1. The van der Waals surface area contributed by atoms with Crippen LogP contribution in [0.1, 0.15) is 99.2 Å². The maximum Gasteiger partial charge on any atom is 0.341 e. The number of carboxylic acids is 1. The highest BCUT2D eigenvalue weighted by atomic mass is 19.1. The lowest BCUT2D eigenvalue weighted by atomic mass is 9.78. The number of hydrogen-bond acceptors (Lipinski definition) is 18. The van der Waals surface area contributed by atoms with Gasteiger partial charge >= 0.3 is 17.7 Å². The number of benzene rings is 2. The number of aromatic hydroxyl groups is 3. The highest BCUT2D eigenvalue weighted by molar-refractivity contribution is 6.24. The van der Waals surface area contributed by atoms with Crippen molar-refractivity contribution in [3.8, 4) is 23.0 Å². The van der Waals surface area contributed by atoms with Crippen LogP contribution in [0.2, 0.25) is 0 Å². The third kappa shape index (κ3) is 10.0. The number of ketones is 1. The first kappa shape index (κ1) is 54.7. The van der Waals surface area contributed by atoms with Crippen molar-refractivity contribution in [3.63, 3.8) is 0 Å². The summed E-state index contributed by atoms with van der Waals surface area (Å²) in [5, 5.41) is 76.9. The van der Waals surface area contributed by atoms with Crippen molar-refractivity contribution in [2.45, 2.75) is 104 Å². The summed E-state index contributed by atoms with van der Waals surface area (Å²) in [7, 11) is 1.41. The number of ether oxygens (including phenoxy) is 4. The number of carbonyl (C=O) groups is 4. The number of methoxy groups -OCH3 is 1. The molecule has 4 aromatic rings. The maximum atomic E-state index is 15.8. The van der Waals surface area contributed by atoms with Gasteiger partial charge in [-0.15, -0.1) is 0 Å². The lowest BCUT2D eigenvalue weighted by Gasteiger charge is -2.38. The molecule has 0 unspecified atom stereocenters. The van der Waals surface area contributed by atoms with E-state index in [4.69, 9.17) is 18.9 Å². The molecular formula is C54H63FN6O15. The van der Waals surface area contributed by atoms with Gasteiger partial charge in [0.15, 0.2) is 17.4 Å². The van der Waals surface area contributed by atoms with Gasteiger partial charge in [0.05, 0.1) is 71.5 Å². The Bertz CT molecular complexity index is 3210. The smallest absolute Gasteiger partial charge is 0.341 e. The number of allylic oxidation sites excluding steroid dienone is 2. The van der Waals surface area contributed by atoms with Crippen molar-refractivity contribution in [1.29, 1.82) is 0 Å². The number of halogens is 1. The molecule has 6 heterocycles. The predicted octanol–water partition coefficient (Wildman–Crippen LogP) is 5.79. The van der Waals surface area contributed by atoms with Crippen LogP contribution in [0.25, 0.3) is 21.8 Å². The first-order valence-corrected chi connectivity index (χ1v) is 25.0. The number of phenolic OH excluding ortho intramolecular Hbond substituents is 3. The number of nitrogens with zero attached hydrogens (tertiary/aromatic N) is 5. The van der Waals surface area contributed by atoms with Gasteiger partial charge in [0.2, 0.25) is 5.43 Å². The third-order valence-corrected chi connectivity index (χ3v) is 15.0. The van der Waals surface area contributed by atoms with Crippen LogP contribution in [0.5, 0.6) is 23.0 Å². The third-order valence-electron chi connectivity index (χ3n) is 15.0. The van der Waals surface area contributed by atoms with E-state index >= 15 is 4.39 Å². The number of aromatic nitrogens is 2. The fourth-order valence-corrected chi connectivity index (χ4v) is 10.3. The van der Waals surface area contributed by atoms with E-state index in [9.17, 15) is 54.6 Å². The Labute approximate surface area is 436 Å². The number of hydrazone groups is 1. The van der Waals surface area contributed by atoms with Crippen molar-refractivity contribution < 1.29 is 73.2 Å². The monoisotopic (exact) mass is 1050 g/mol. The molecule has 7 N–H and O–H groups in total. The SMILES string of the molecule is CO[C@H]1C=CO[C@@]2(C)Oc3c(C)c(O)c4c(O)c(c(C=NN5CCN(c6nc7c(cc6F)c(=O)c(C(=O)O)cn7C6CC6)CC5)c(O)c4c3C2=O)NC(=O)C(C)=CC=C[C@H](C)[C@H](O)[C@@H](C)[C@@H](O)[C@@H](C)[C@H](OC(C)=O)[C@@H]1C. The predicted molar refractivity (Wildman–Crippen MR) is 276 cm³/mol. The molecule has 0 spiro atoms. The van der Waals surface area contributed by atoms with E-state index in [1.807, 2.05) is 0 Å². The molecule has 2 aromatic carbocycles. The molecule has 9 atom stereocenters. The average Bonchev–Trinajstić information content (AvgIpc) is 4.24. The van der Waals surface area contributed by atoms with Crippen molar-refractivity contribution in [3.05, 3.63) is 86.7 Å². The Morgan fingerprint density at radius 2 is 1.63 bits per heavy atom. The van der Waals surface area contributed by atoms with Crippen LogP contribution in [0.4, 0.5) is 15.9 Å². The molecule has 406 valence electrons. The number of nitrogens with one attached hydrogen (secondary N) is 1. The van der Waals surface area contributed by atoms with Gasteiger partial charge in [0.1, 0.15) is 34.6 Å². The Hall–Kier alpha value is -7.56. The van der Waals surface area contributed by atoms with Gasteiger partial charge < -0.3 is 64.4 Å². The van der Waals surface area contributed by atoms with Gasteiger partial charge in [-0.3, -0.25) is 24.2 Å². The standard InChI is InChI=1S/C54H63FN6O15/c1-24-11-10-12-25(2)52(70)57-40-33(22-56-60-18-16-59(17-19-60)51-35(55)21-32-44(66)34(53(71)72)23-61(31-13-14-31)50(32)58-51)45(67)37-38(46(40)68)43(65)29(6)48-39(37)49(69)54(8,76-48)74-20-15-36(73-9)26(3)47(75-30(7)62)28(5)42(64)27(4)41(24)63/h10-12,15,20-24,26-28,31,36,41-42,47,63-65,67-68H,13-14,16-19H2,1-9H3,(H,57,70)(H,71,72)/t24-,26+,27+,28+,36-,41-,42+,47+,54-/m0/s1. The number of carboxylic acid groups (broad SMARTS) is 1. The van der Waals surface area contributed by atoms with Crippen molar-refractivity contribution >= 4 is 63.2 Å². The quantitative estimate of drug-likeness (QED) is 0.0499. The number of phenols is 3. The normalized spacial score (nSPS) is 26.8. The molecule has 5 bridgehead atoms. The number of esters is 1. The van der Waals surface area contributed by atoms with E-state index in [1.165, 1.54) is 59.2 Å². The summed E-state index contributed by atoms with van der Waals surface area (Å²) in [5.74, 6) is -11.6. The van der Waals surface area contributed by atoms with Gasteiger partial charge in [0, 0.05) is 86.5 Å². The summed E-state index contributed by atoms with van der Waals surface area (Å²) >= 11 is 0. The summed E-state index contributed by atoms with van der Waals surface area (Å²) < 4.78 is 41.1. The maximum absolute atomic E-state index is 15.8. The molecule has 0 radical (unpaired) electrons. The van der Waals surface area contributed by atoms with Crippen LogP contribution >= 0.6 is 0 Å². The molecule has 76 heavy (non-hydrogen) atoms. The van der Waals surface area contributed by atoms with E-state index in [0.29, 0.717) is 0 Å². The van der Waals surface area contributed by atoms with Gasteiger partial charge in [0.25, 0.3) is 11.7 Å². The molecule has 5 aliphatic rings. The van der Waals surface area contributed by atoms with E-state index in [0.717, 1.165) is 31.4 Å². The lowest BCUT2D eigenvalue weighted by molar-refractivity contribution is -0.160. The number of anilines is 2. The number of rotatable bonds is 7. The molecule has 21 nitrogen and oxygen atoms in total. The lowest BCUT2D eigenvalue weighted by Crippen LogP contribution is -2.46. The summed E-state index contributed by atoms with van der Waals surface area (Å²) in [6.07, 6.45) is 6.98. The average molecular weight is 1060 g/mol. The zero-order valence-corrected chi connectivity index (χ0v) is 43.5.